The molecule has 2 aromatic heterocycles. The molecular weight excluding hydrogens is 523 g/mol. The molecule has 0 saturated carbocycles. The Bertz CT molecular complexity index is 1460. The van der Waals surface area contributed by atoms with Crippen LogP contribution in [-0.2, 0) is 12.7 Å². The topological polar surface area (TPSA) is 112 Å². The van der Waals surface area contributed by atoms with Gasteiger partial charge in [0.2, 0.25) is 0 Å². The SMILES string of the molecule is CNc1ncnc2c1ncn2-c1ccc(NC(=O)Nc2ccc(CNCCN3CCCC3)c(C(F)(F)F)c2)cc1. The number of alkyl halides is 3. The molecule has 0 atom stereocenters. The van der Waals surface area contributed by atoms with Crippen LogP contribution in [0.2, 0.25) is 0 Å². The molecule has 2 amide bonds. The number of imidazole rings is 1. The molecule has 40 heavy (non-hydrogen) atoms. The van der Waals surface area contributed by atoms with Crippen LogP contribution in [0.5, 0.6) is 0 Å². The molecule has 4 N–H and O–H groups in total. The van der Waals surface area contributed by atoms with Crippen LogP contribution in [0.1, 0.15) is 24.0 Å². The van der Waals surface area contributed by atoms with Crippen molar-refractivity contribution in [2.24, 2.45) is 0 Å². The minimum Gasteiger partial charge on any atom is -0.371 e. The summed E-state index contributed by atoms with van der Waals surface area (Å²) in [6.45, 7) is 3.59. The fourth-order valence-electron chi connectivity index (χ4n) is 4.74. The number of benzene rings is 2. The summed E-state index contributed by atoms with van der Waals surface area (Å²) in [4.78, 5) is 27.7. The van der Waals surface area contributed by atoms with Crippen LogP contribution in [0.25, 0.3) is 16.9 Å². The minimum absolute atomic E-state index is 0.0483. The summed E-state index contributed by atoms with van der Waals surface area (Å²) in [5.74, 6) is 0.606. The zero-order chi connectivity index (χ0) is 28.1. The Morgan fingerprint density at radius 2 is 1.70 bits per heavy atom. The normalized spacial score (nSPS) is 14.0. The standard InChI is InChI=1S/C27H30F3N9O/c1-31-24-23-25(34-16-33-24)39(17-35-23)21-8-6-19(7-9-21)36-26(40)37-20-5-4-18(22(14-20)27(28,29)30)15-32-10-13-38-11-2-3-12-38/h4-9,14,16-17,32H,2-3,10-13,15H2,1H3,(H,31,33,34)(H2,36,37,40). The van der Waals surface area contributed by atoms with Crippen molar-refractivity contribution in [1.82, 2.24) is 29.7 Å². The van der Waals surface area contributed by atoms with Crippen LogP contribution in [0.3, 0.4) is 0 Å². The second-order valence-electron chi connectivity index (χ2n) is 9.48. The van der Waals surface area contributed by atoms with Crippen molar-refractivity contribution < 1.29 is 18.0 Å². The molecule has 4 aromatic rings. The number of anilines is 3. The molecule has 0 bridgehead atoms. The molecule has 0 spiro atoms. The Morgan fingerprint density at radius 3 is 2.42 bits per heavy atom. The molecular formula is C27H30F3N9O. The number of halogens is 3. The van der Waals surface area contributed by atoms with E-state index in [1.165, 1.54) is 31.3 Å². The zero-order valence-corrected chi connectivity index (χ0v) is 21.9. The molecule has 1 saturated heterocycles. The number of carbonyl (C=O) groups excluding carboxylic acids is 1. The van der Waals surface area contributed by atoms with Crippen molar-refractivity contribution in [3.8, 4) is 5.69 Å². The highest BCUT2D eigenvalue weighted by molar-refractivity contribution is 5.99. The van der Waals surface area contributed by atoms with E-state index in [9.17, 15) is 18.0 Å². The van der Waals surface area contributed by atoms with Gasteiger partial charge in [-0.25, -0.2) is 19.7 Å². The van der Waals surface area contributed by atoms with E-state index in [0.717, 1.165) is 31.4 Å². The predicted molar refractivity (Wildman–Crippen MR) is 148 cm³/mol. The smallest absolute Gasteiger partial charge is 0.371 e. The molecule has 0 unspecified atom stereocenters. The second kappa shape index (κ2) is 11.9. The van der Waals surface area contributed by atoms with Crippen molar-refractivity contribution >= 4 is 34.4 Å². The molecule has 0 aliphatic carbocycles. The maximum atomic E-state index is 13.8. The van der Waals surface area contributed by atoms with Gasteiger partial charge >= 0.3 is 12.2 Å². The summed E-state index contributed by atoms with van der Waals surface area (Å²) in [7, 11) is 1.75. The van der Waals surface area contributed by atoms with Crippen molar-refractivity contribution in [3.05, 3.63) is 66.2 Å². The summed E-state index contributed by atoms with van der Waals surface area (Å²) >= 11 is 0. The van der Waals surface area contributed by atoms with Crippen LogP contribution in [0, 0.1) is 0 Å². The number of hydrogen-bond acceptors (Lipinski definition) is 7. The average molecular weight is 554 g/mol. The molecule has 3 heterocycles. The van der Waals surface area contributed by atoms with Crippen LogP contribution < -0.4 is 21.3 Å². The molecule has 13 heteroatoms. The first kappa shape index (κ1) is 27.3. The van der Waals surface area contributed by atoms with E-state index >= 15 is 0 Å². The van der Waals surface area contributed by atoms with Gasteiger partial charge in [-0.05, 0) is 67.9 Å². The second-order valence-corrected chi connectivity index (χ2v) is 9.48. The lowest BCUT2D eigenvalue weighted by Crippen LogP contribution is -2.30. The van der Waals surface area contributed by atoms with E-state index in [-0.39, 0.29) is 17.8 Å². The van der Waals surface area contributed by atoms with Gasteiger partial charge in [0, 0.05) is 43.7 Å². The lowest BCUT2D eigenvalue weighted by molar-refractivity contribution is -0.138. The highest BCUT2D eigenvalue weighted by Gasteiger charge is 2.33. The van der Waals surface area contributed by atoms with Crippen molar-refractivity contribution in [3.63, 3.8) is 0 Å². The number of hydrogen-bond donors (Lipinski definition) is 4. The number of carbonyl (C=O) groups is 1. The Kier molecular flexibility index (Phi) is 8.12. The lowest BCUT2D eigenvalue weighted by atomic mass is 10.1. The highest BCUT2D eigenvalue weighted by atomic mass is 19.4. The van der Waals surface area contributed by atoms with Crippen molar-refractivity contribution in [2.45, 2.75) is 25.6 Å². The van der Waals surface area contributed by atoms with Gasteiger partial charge in [-0.3, -0.25) is 4.57 Å². The molecule has 5 rings (SSSR count). The number of urea groups is 1. The van der Waals surface area contributed by atoms with E-state index in [4.69, 9.17) is 0 Å². The molecule has 1 aliphatic rings. The fraction of sp³-hybridized carbons (Fsp3) is 0.333. The largest absolute Gasteiger partial charge is 0.416 e. The minimum atomic E-state index is -4.55. The molecule has 0 radical (unpaired) electrons. The number of aromatic nitrogens is 4. The van der Waals surface area contributed by atoms with Gasteiger partial charge in [0.05, 0.1) is 5.56 Å². The monoisotopic (exact) mass is 553 g/mol. The number of fused-ring (bicyclic) bond motifs is 1. The Balaban J connectivity index is 1.21. The van der Waals surface area contributed by atoms with E-state index in [0.29, 0.717) is 29.2 Å². The van der Waals surface area contributed by atoms with Crippen LogP contribution >= 0.6 is 0 Å². The molecule has 2 aromatic carbocycles. The van der Waals surface area contributed by atoms with Crippen LogP contribution in [-0.4, -0.2) is 63.7 Å². The summed E-state index contributed by atoms with van der Waals surface area (Å²) in [5.41, 5.74) is 1.86. The van der Waals surface area contributed by atoms with E-state index in [1.54, 1.807) is 42.2 Å². The van der Waals surface area contributed by atoms with Gasteiger partial charge in [-0.2, -0.15) is 13.2 Å². The van der Waals surface area contributed by atoms with Gasteiger partial charge in [-0.15, -0.1) is 0 Å². The Hall–Kier alpha value is -4.23. The van der Waals surface area contributed by atoms with E-state index in [2.05, 4.69) is 41.1 Å². The third kappa shape index (κ3) is 6.32. The summed E-state index contributed by atoms with van der Waals surface area (Å²) < 4.78 is 43.1. The van der Waals surface area contributed by atoms with Gasteiger partial charge in [0.1, 0.15) is 12.7 Å². The fourth-order valence-corrected chi connectivity index (χ4v) is 4.74. The number of likely N-dealkylation sites (tertiary alicyclic amines) is 1. The number of nitrogens with one attached hydrogen (secondary N) is 4. The third-order valence-corrected chi connectivity index (χ3v) is 6.77. The third-order valence-electron chi connectivity index (χ3n) is 6.77. The number of amides is 2. The van der Waals surface area contributed by atoms with Gasteiger partial charge in [0.25, 0.3) is 0 Å². The van der Waals surface area contributed by atoms with E-state index in [1.807, 2.05) is 0 Å². The Labute approximate surface area is 229 Å². The van der Waals surface area contributed by atoms with Crippen molar-refractivity contribution in [2.75, 3.05) is 49.2 Å². The first-order chi connectivity index (χ1) is 19.3. The maximum absolute atomic E-state index is 13.8. The Morgan fingerprint density at radius 1 is 0.975 bits per heavy atom. The predicted octanol–water partition coefficient (Wildman–Crippen LogP) is 4.71. The van der Waals surface area contributed by atoms with E-state index < -0.39 is 17.8 Å². The highest BCUT2D eigenvalue weighted by Crippen LogP contribution is 2.34. The zero-order valence-electron chi connectivity index (χ0n) is 21.9. The molecule has 210 valence electrons. The van der Waals surface area contributed by atoms with Crippen LogP contribution in [0.4, 0.5) is 35.2 Å². The molecule has 10 nitrogen and oxygen atoms in total. The number of nitrogens with zero attached hydrogens (tertiary/aromatic N) is 5. The average Bonchev–Trinajstić information content (AvgIpc) is 3.62. The van der Waals surface area contributed by atoms with Crippen LogP contribution in [0.15, 0.2) is 55.1 Å². The molecule has 1 fully saturated rings. The molecule has 1 aliphatic heterocycles. The van der Waals surface area contributed by atoms with Gasteiger partial charge < -0.3 is 26.2 Å². The lowest BCUT2D eigenvalue weighted by Gasteiger charge is -2.17. The summed E-state index contributed by atoms with van der Waals surface area (Å²) in [6, 6.07) is 10.1. The first-order valence-electron chi connectivity index (χ1n) is 13.0. The van der Waals surface area contributed by atoms with Gasteiger partial charge in [0.15, 0.2) is 17.0 Å². The summed E-state index contributed by atoms with van der Waals surface area (Å²) in [6.07, 6.45) is 0.854. The van der Waals surface area contributed by atoms with Gasteiger partial charge in [-0.1, -0.05) is 6.07 Å². The summed E-state index contributed by atoms with van der Waals surface area (Å²) in [5, 5.41) is 11.2. The maximum Gasteiger partial charge on any atom is 0.416 e. The van der Waals surface area contributed by atoms with Crippen molar-refractivity contribution in [1.29, 1.82) is 0 Å². The first-order valence-corrected chi connectivity index (χ1v) is 13.0. The number of rotatable bonds is 9. The quantitative estimate of drug-likeness (QED) is 0.222.